The fraction of sp³-hybridized carbons (Fsp3) is 0.818. The molecule has 0 bridgehead atoms. The molecule has 2 amide bonds. The van der Waals surface area contributed by atoms with Crippen LogP contribution in [0, 0.1) is 0 Å². The van der Waals surface area contributed by atoms with Crippen LogP contribution in [0.25, 0.3) is 0 Å². The van der Waals surface area contributed by atoms with Gasteiger partial charge in [0, 0.05) is 13.6 Å². The van der Waals surface area contributed by atoms with Gasteiger partial charge in [0.05, 0.1) is 22.8 Å². The van der Waals surface area contributed by atoms with Crippen molar-refractivity contribution in [3.8, 4) is 0 Å². The number of hydrogen-bond donors (Lipinski definition) is 2. The van der Waals surface area contributed by atoms with E-state index in [2.05, 4.69) is 5.32 Å². The number of carbonyl (C=O) groups excluding carboxylic acids is 1. The second kappa shape index (κ2) is 5.43. The van der Waals surface area contributed by atoms with Crippen molar-refractivity contribution < 1.29 is 28.3 Å². The van der Waals surface area contributed by atoms with Gasteiger partial charge in [0.2, 0.25) is 0 Å². The lowest BCUT2D eigenvalue weighted by atomic mass is 10.2. The van der Waals surface area contributed by atoms with E-state index < -0.39 is 37.0 Å². The smallest absolute Gasteiger partial charge is 0.408 e. The minimum atomic E-state index is -2.67. The molecule has 7 nitrogen and oxygen atoms in total. The Labute approximate surface area is 110 Å². The second-order valence-corrected chi connectivity index (χ2v) is 5.10. The summed E-state index contributed by atoms with van der Waals surface area (Å²) < 4.78 is 31.2. The van der Waals surface area contributed by atoms with Gasteiger partial charge in [0.15, 0.2) is 0 Å². The second-order valence-electron chi connectivity index (χ2n) is 5.10. The number of carbonyl (C=O) groups is 2. The lowest BCUT2D eigenvalue weighted by molar-refractivity contribution is 0.0416. The molecule has 1 heterocycles. The van der Waals surface area contributed by atoms with Crippen LogP contribution in [0.5, 0.6) is 0 Å². The summed E-state index contributed by atoms with van der Waals surface area (Å²) >= 11 is 0. The average Bonchev–Trinajstić information content (AvgIpc) is 2.55. The Morgan fingerprint density at radius 3 is 2.61 bits per heavy atom. The molecule has 1 saturated heterocycles. The van der Waals surface area contributed by atoms with Crippen molar-refractivity contribution in [2.24, 2.45) is 0 Å². The maximum atomic E-state index is 11.7. The van der Waals surface area contributed by atoms with Crippen molar-refractivity contribution in [2.45, 2.75) is 38.5 Å². The molecule has 0 radical (unpaired) electrons. The van der Waals surface area contributed by atoms with Gasteiger partial charge in [-0.05, 0) is 20.8 Å². The molecule has 0 aliphatic carbocycles. The van der Waals surface area contributed by atoms with Crippen molar-refractivity contribution in [1.82, 2.24) is 10.2 Å². The van der Waals surface area contributed by atoms with Crippen molar-refractivity contribution in [1.29, 1.82) is 0 Å². The summed E-state index contributed by atoms with van der Waals surface area (Å²) in [7, 11) is -2.67. The first kappa shape index (κ1) is 10.4. The Morgan fingerprint density at radius 2 is 2.11 bits per heavy atom. The van der Waals surface area contributed by atoms with Crippen molar-refractivity contribution >= 4 is 12.2 Å². The molecule has 0 aromatic rings. The van der Waals surface area contributed by atoms with Gasteiger partial charge in [0.1, 0.15) is 5.60 Å². The first-order valence-electron chi connectivity index (χ1n) is 7.02. The monoisotopic (exact) mass is 263 g/mol. The number of amides is 2. The first-order chi connectivity index (χ1) is 9.37. The molecule has 1 aliphatic rings. The van der Waals surface area contributed by atoms with Crippen LogP contribution in [0.1, 0.15) is 24.9 Å². The van der Waals surface area contributed by atoms with E-state index >= 15 is 0 Å². The van der Waals surface area contributed by atoms with Crippen LogP contribution in [0.3, 0.4) is 0 Å². The summed E-state index contributed by atoms with van der Waals surface area (Å²) in [5.74, 6) is 0. The van der Waals surface area contributed by atoms with Crippen LogP contribution in [-0.4, -0.2) is 60.1 Å². The molecule has 0 aromatic carbocycles. The fourth-order valence-electron chi connectivity index (χ4n) is 1.65. The summed E-state index contributed by atoms with van der Waals surface area (Å²) in [5.41, 5.74) is -0.713. The summed E-state index contributed by atoms with van der Waals surface area (Å²) in [6.45, 7) is 4.85. The van der Waals surface area contributed by atoms with Gasteiger partial charge in [0.25, 0.3) is 0 Å². The molecule has 0 saturated carbocycles. The number of rotatable bonds is 2. The highest BCUT2D eigenvalue weighted by Gasteiger charge is 2.37. The van der Waals surface area contributed by atoms with E-state index in [1.807, 2.05) is 0 Å². The Balaban J connectivity index is 2.71. The fourth-order valence-corrected chi connectivity index (χ4v) is 1.65. The molecule has 1 fully saturated rings. The van der Waals surface area contributed by atoms with E-state index in [0.717, 1.165) is 4.90 Å². The lowest BCUT2D eigenvalue weighted by Crippen LogP contribution is -2.45. The van der Waals surface area contributed by atoms with Crippen molar-refractivity contribution in [3.63, 3.8) is 0 Å². The predicted molar refractivity (Wildman–Crippen MR) is 63.6 cm³/mol. The lowest BCUT2D eigenvalue weighted by Gasteiger charge is -2.23. The van der Waals surface area contributed by atoms with Gasteiger partial charge < -0.3 is 24.8 Å². The van der Waals surface area contributed by atoms with Crippen LogP contribution in [0.2, 0.25) is 0 Å². The van der Waals surface area contributed by atoms with Crippen molar-refractivity contribution in [3.05, 3.63) is 0 Å². The predicted octanol–water partition coefficient (Wildman–Crippen LogP) is 0.888. The molecule has 104 valence electrons. The van der Waals surface area contributed by atoms with Crippen LogP contribution >= 0.6 is 0 Å². The van der Waals surface area contributed by atoms with E-state index in [9.17, 15) is 9.59 Å². The Morgan fingerprint density at radius 1 is 1.44 bits per heavy atom. The minimum absolute atomic E-state index is 0.0602. The van der Waals surface area contributed by atoms with Gasteiger partial charge in [-0.2, -0.15) is 0 Å². The minimum Gasteiger partial charge on any atom is -0.465 e. The molecule has 0 spiro atoms. The van der Waals surface area contributed by atoms with Gasteiger partial charge >= 0.3 is 12.2 Å². The molecule has 2 atom stereocenters. The number of methoxy groups -OCH3 is 1. The van der Waals surface area contributed by atoms with Gasteiger partial charge in [-0.25, -0.2) is 9.59 Å². The van der Waals surface area contributed by atoms with Gasteiger partial charge in [-0.1, -0.05) is 0 Å². The summed E-state index contributed by atoms with van der Waals surface area (Å²) in [6, 6.07) is -0.781. The number of nitrogens with one attached hydrogen (secondary N) is 1. The molecular formula is C11H20N2O5. The maximum absolute atomic E-state index is 11.7. The largest absolute Gasteiger partial charge is 0.465 e. The highest BCUT2D eigenvalue weighted by molar-refractivity contribution is 5.69. The number of nitrogens with zero attached hydrogens (tertiary/aromatic N) is 1. The molecule has 2 N–H and O–H groups in total. The first-order valence-corrected chi connectivity index (χ1v) is 5.52. The number of alkyl carbamates (subject to hydrolysis) is 1. The zero-order valence-electron chi connectivity index (χ0n) is 13.6. The van der Waals surface area contributed by atoms with Crippen LogP contribution in [0.15, 0.2) is 0 Å². The topological polar surface area (TPSA) is 88.1 Å². The zero-order chi connectivity index (χ0) is 16.4. The SMILES string of the molecule is [2H]C([2H])([2H])O[C@H]1CN(C(=O)O)C[C@@H]1NC(=O)OC(C)(C)C. The number of carboxylic acid groups (broad SMARTS) is 1. The van der Waals surface area contributed by atoms with Gasteiger partial charge in [-0.15, -0.1) is 0 Å². The van der Waals surface area contributed by atoms with Crippen molar-refractivity contribution in [2.75, 3.05) is 20.1 Å². The molecule has 18 heavy (non-hydrogen) atoms. The van der Waals surface area contributed by atoms with E-state index in [1.165, 1.54) is 0 Å². The van der Waals surface area contributed by atoms with Gasteiger partial charge in [-0.3, -0.25) is 0 Å². The maximum Gasteiger partial charge on any atom is 0.408 e. The highest BCUT2D eigenvalue weighted by atomic mass is 16.6. The summed E-state index contributed by atoms with van der Waals surface area (Å²) in [6.07, 6.45) is -2.91. The van der Waals surface area contributed by atoms with E-state index in [1.54, 1.807) is 20.8 Å². The van der Waals surface area contributed by atoms with E-state index in [4.69, 9.17) is 18.7 Å². The molecule has 1 rings (SSSR count). The molecule has 7 heteroatoms. The Bertz CT molecular complexity index is 408. The third-order valence-electron chi connectivity index (χ3n) is 2.39. The zero-order valence-corrected chi connectivity index (χ0v) is 10.6. The number of likely N-dealkylation sites (tertiary alicyclic amines) is 1. The van der Waals surface area contributed by atoms with E-state index in [-0.39, 0.29) is 13.1 Å². The third-order valence-corrected chi connectivity index (χ3v) is 2.39. The third kappa shape index (κ3) is 4.06. The molecule has 0 unspecified atom stereocenters. The summed E-state index contributed by atoms with van der Waals surface area (Å²) in [5, 5.41) is 11.4. The summed E-state index contributed by atoms with van der Waals surface area (Å²) in [4.78, 5) is 23.7. The van der Waals surface area contributed by atoms with E-state index in [0.29, 0.717) is 0 Å². The van der Waals surface area contributed by atoms with Crippen LogP contribution in [-0.2, 0) is 9.47 Å². The Kier molecular flexibility index (Phi) is 3.14. The van der Waals surface area contributed by atoms with Crippen LogP contribution < -0.4 is 5.32 Å². The Hall–Kier alpha value is -1.50. The highest BCUT2D eigenvalue weighted by Crippen LogP contribution is 2.14. The standard InChI is InChI=1S/C11H20N2O5/c1-11(2,3)18-9(14)12-7-5-13(10(15)16)6-8(7)17-4/h7-8H,5-6H2,1-4H3,(H,12,14)(H,15,16)/t7-,8-/m0/s1/i4D3. The number of ether oxygens (including phenoxy) is 2. The average molecular weight is 263 g/mol. The molecule has 1 aliphatic heterocycles. The quantitative estimate of drug-likeness (QED) is 0.772. The number of hydrogen-bond acceptors (Lipinski definition) is 4. The molecule has 0 aromatic heterocycles. The molecular weight excluding hydrogens is 240 g/mol. The normalized spacial score (nSPS) is 27.1. The van der Waals surface area contributed by atoms with Crippen LogP contribution in [0.4, 0.5) is 9.59 Å².